The van der Waals surface area contributed by atoms with Crippen molar-refractivity contribution in [3.05, 3.63) is 35.6 Å². The quantitative estimate of drug-likeness (QED) is 0.888. The van der Waals surface area contributed by atoms with Crippen LogP contribution in [-0.2, 0) is 15.8 Å². The van der Waals surface area contributed by atoms with Crippen LogP contribution in [-0.4, -0.2) is 38.9 Å². The van der Waals surface area contributed by atoms with Gasteiger partial charge >= 0.3 is 0 Å². The maximum absolute atomic E-state index is 13.1. The first kappa shape index (κ1) is 14.4. The van der Waals surface area contributed by atoms with Crippen LogP contribution in [0.1, 0.15) is 18.4 Å². The summed E-state index contributed by atoms with van der Waals surface area (Å²) in [5, 5.41) is 3.02. The van der Waals surface area contributed by atoms with E-state index in [0.717, 1.165) is 12.8 Å². The van der Waals surface area contributed by atoms with Crippen LogP contribution in [0.2, 0.25) is 0 Å². The average Bonchev–Trinajstić information content (AvgIpc) is 2.78. The molecule has 4 nitrogen and oxygen atoms in total. The molecule has 1 atom stereocenters. The molecule has 1 fully saturated rings. The molecule has 1 aromatic rings. The number of benzene rings is 1. The number of likely N-dealkylation sites (N-methyl/N-ethyl adjacent to an activating group) is 1. The lowest BCUT2D eigenvalue weighted by Gasteiger charge is -2.23. The van der Waals surface area contributed by atoms with Gasteiger partial charge in [0.05, 0.1) is 5.75 Å². The van der Waals surface area contributed by atoms with Crippen LogP contribution in [0.25, 0.3) is 0 Å². The Kier molecular flexibility index (Phi) is 4.54. The molecule has 1 aliphatic heterocycles. The summed E-state index contributed by atoms with van der Waals surface area (Å²) in [6, 6.07) is 5.79. The van der Waals surface area contributed by atoms with Crippen LogP contribution >= 0.6 is 0 Å². The summed E-state index contributed by atoms with van der Waals surface area (Å²) in [4.78, 5) is 0. The van der Waals surface area contributed by atoms with E-state index in [4.69, 9.17) is 0 Å². The highest BCUT2D eigenvalue weighted by atomic mass is 32.2. The third kappa shape index (κ3) is 3.52. The second kappa shape index (κ2) is 5.98. The van der Waals surface area contributed by atoms with Gasteiger partial charge in [-0.05, 0) is 37.6 Å². The summed E-state index contributed by atoms with van der Waals surface area (Å²) in [5.74, 6) is -0.536. The molecule has 106 valence electrons. The molecule has 0 bridgehead atoms. The smallest absolute Gasteiger partial charge is 0.218 e. The molecule has 0 aliphatic carbocycles. The van der Waals surface area contributed by atoms with Gasteiger partial charge in [0.25, 0.3) is 0 Å². The van der Waals surface area contributed by atoms with Gasteiger partial charge in [-0.1, -0.05) is 12.1 Å². The van der Waals surface area contributed by atoms with E-state index in [-0.39, 0.29) is 11.8 Å². The third-order valence-electron chi connectivity index (χ3n) is 3.36. The zero-order valence-electron chi connectivity index (χ0n) is 11.0. The van der Waals surface area contributed by atoms with Crippen LogP contribution in [0.4, 0.5) is 4.39 Å². The molecule has 1 heterocycles. The van der Waals surface area contributed by atoms with Crippen LogP contribution in [0.3, 0.4) is 0 Å². The van der Waals surface area contributed by atoms with Crippen LogP contribution in [0, 0.1) is 5.82 Å². The minimum atomic E-state index is -3.37. The standard InChI is InChI=1S/C13H19FN2O2S/c1-15-9-13-6-3-7-16(13)19(17,18)10-11-4-2-5-12(14)8-11/h2,4-5,8,13,15H,3,6-7,9-10H2,1H3/t13-/m0/s1. The van der Waals surface area contributed by atoms with E-state index in [9.17, 15) is 12.8 Å². The van der Waals surface area contributed by atoms with Crippen molar-refractivity contribution >= 4 is 10.0 Å². The predicted molar refractivity (Wildman–Crippen MR) is 72.7 cm³/mol. The van der Waals surface area contributed by atoms with E-state index >= 15 is 0 Å². The Morgan fingerprint density at radius 2 is 2.26 bits per heavy atom. The molecule has 1 aromatic carbocycles. The Morgan fingerprint density at radius 3 is 2.95 bits per heavy atom. The molecule has 1 N–H and O–H groups in total. The van der Waals surface area contributed by atoms with Crippen molar-refractivity contribution in [1.29, 1.82) is 0 Å². The molecule has 0 radical (unpaired) electrons. The van der Waals surface area contributed by atoms with Crippen molar-refractivity contribution in [1.82, 2.24) is 9.62 Å². The van der Waals surface area contributed by atoms with Crippen molar-refractivity contribution in [3.8, 4) is 0 Å². The highest BCUT2D eigenvalue weighted by Gasteiger charge is 2.33. The number of nitrogens with zero attached hydrogens (tertiary/aromatic N) is 1. The van der Waals surface area contributed by atoms with Gasteiger partial charge in [-0.15, -0.1) is 0 Å². The number of sulfonamides is 1. The molecule has 0 spiro atoms. The first-order valence-electron chi connectivity index (χ1n) is 6.41. The summed E-state index contributed by atoms with van der Waals surface area (Å²) in [6.07, 6.45) is 1.76. The largest absolute Gasteiger partial charge is 0.318 e. The van der Waals surface area contributed by atoms with Gasteiger partial charge in [-0.2, -0.15) is 4.31 Å². The first-order valence-corrected chi connectivity index (χ1v) is 8.02. The average molecular weight is 286 g/mol. The SMILES string of the molecule is CNC[C@@H]1CCCN1S(=O)(=O)Cc1cccc(F)c1. The van der Waals surface area contributed by atoms with Crippen LogP contribution in [0.15, 0.2) is 24.3 Å². The topological polar surface area (TPSA) is 49.4 Å². The van der Waals surface area contributed by atoms with Crippen molar-refractivity contribution in [2.24, 2.45) is 0 Å². The van der Waals surface area contributed by atoms with Gasteiger partial charge in [-0.25, -0.2) is 12.8 Å². The number of rotatable bonds is 5. The third-order valence-corrected chi connectivity index (χ3v) is 5.25. The Balaban J connectivity index is 2.14. The molecule has 0 unspecified atom stereocenters. The van der Waals surface area contributed by atoms with E-state index in [1.807, 2.05) is 7.05 Å². The highest BCUT2D eigenvalue weighted by molar-refractivity contribution is 7.88. The van der Waals surface area contributed by atoms with Crippen molar-refractivity contribution in [2.45, 2.75) is 24.6 Å². The zero-order chi connectivity index (χ0) is 13.9. The maximum Gasteiger partial charge on any atom is 0.218 e. The molecule has 2 rings (SSSR count). The molecular formula is C13H19FN2O2S. The maximum atomic E-state index is 13.1. The van der Waals surface area contributed by atoms with E-state index in [1.54, 1.807) is 10.4 Å². The summed E-state index contributed by atoms with van der Waals surface area (Å²) < 4.78 is 39.4. The second-order valence-corrected chi connectivity index (χ2v) is 6.77. The molecule has 1 saturated heterocycles. The van der Waals surface area contributed by atoms with Crippen molar-refractivity contribution < 1.29 is 12.8 Å². The Morgan fingerprint density at radius 1 is 1.47 bits per heavy atom. The second-order valence-electron chi connectivity index (χ2n) is 4.85. The summed E-state index contributed by atoms with van der Waals surface area (Å²) in [5.41, 5.74) is 0.495. The van der Waals surface area contributed by atoms with E-state index < -0.39 is 15.8 Å². The monoisotopic (exact) mass is 286 g/mol. The fourth-order valence-corrected chi connectivity index (χ4v) is 4.34. The first-order chi connectivity index (χ1) is 9.03. The molecule has 1 aliphatic rings. The number of hydrogen-bond donors (Lipinski definition) is 1. The number of halogens is 1. The van der Waals surface area contributed by atoms with Gasteiger partial charge in [-0.3, -0.25) is 0 Å². The molecule has 0 amide bonds. The van der Waals surface area contributed by atoms with Crippen molar-refractivity contribution in [3.63, 3.8) is 0 Å². The summed E-state index contributed by atoms with van der Waals surface area (Å²) >= 11 is 0. The fourth-order valence-electron chi connectivity index (χ4n) is 2.54. The lowest BCUT2D eigenvalue weighted by Crippen LogP contribution is -2.41. The summed E-state index contributed by atoms with van der Waals surface area (Å²) in [6.45, 7) is 1.21. The lowest BCUT2D eigenvalue weighted by molar-refractivity contribution is 0.378. The predicted octanol–water partition coefficient (Wildman–Crippen LogP) is 1.34. The van der Waals surface area contributed by atoms with Crippen LogP contribution in [0.5, 0.6) is 0 Å². The van der Waals surface area contributed by atoms with Gasteiger partial charge in [0, 0.05) is 19.1 Å². The number of hydrogen-bond acceptors (Lipinski definition) is 3. The minimum Gasteiger partial charge on any atom is -0.318 e. The molecule has 6 heteroatoms. The van der Waals surface area contributed by atoms with Crippen molar-refractivity contribution in [2.75, 3.05) is 20.1 Å². The van der Waals surface area contributed by atoms with Gasteiger partial charge in [0.15, 0.2) is 0 Å². The lowest BCUT2D eigenvalue weighted by atomic mass is 10.2. The fraction of sp³-hybridized carbons (Fsp3) is 0.538. The number of nitrogens with one attached hydrogen (secondary N) is 1. The summed E-state index contributed by atoms with van der Waals surface area (Å²) in [7, 11) is -1.56. The highest BCUT2D eigenvalue weighted by Crippen LogP contribution is 2.23. The Hall–Kier alpha value is -0.980. The van der Waals surface area contributed by atoms with E-state index in [1.165, 1.54) is 18.2 Å². The van der Waals surface area contributed by atoms with Gasteiger partial charge in [0.2, 0.25) is 10.0 Å². The minimum absolute atomic E-state index is 0.0172. The van der Waals surface area contributed by atoms with Gasteiger partial charge < -0.3 is 5.32 Å². The van der Waals surface area contributed by atoms with E-state index in [2.05, 4.69) is 5.32 Å². The molecule has 0 aromatic heterocycles. The molecule has 0 saturated carbocycles. The Bertz CT molecular complexity index is 533. The normalized spacial score (nSPS) is 20.8. The Labute approximate surface area is 113 Å². The zero-order valence-corrected chi connectivity index (χ0v) is 11.8. The molecular weight excluding hydrogens is 267 g/mol. The van der Waals surface area contributed by atoms with E-state index in [0.29, 0.717) is 18.7 Å². The van der Waals surface area contributed by atoms with Crippen LogP contribution < -0.4 is 5.32 Å². The van der Waals surface area contributed by atoms with Gasteiger partial charge in [0.1, 0.15) is 5.82 Å². The molecule has 19 heavy (non-hydrogen) atoms.